The second-order valence-electron chi connectivity index (χ2n) is 8.44. The standard InChI is InChI=1S/C20H31N5O/c1-14(2)24-12-18-4-5-19(13-24)25(18)20-21-10-17(11-22-20)16-6-8-23(9-7-16)15(3)26/h10-11,14,16,18-19H,4-9,12-13H2,1-3H3. The summed E-state index contributed by atoms with van der Waals surface area (Å²) in [5.74, 6) is 1.58. The van der Waals surface area contributed by atoms with Crippen molar-refractivity contribution in [3.63, 3.8) is 0 Å². The molecule has 0 radical (unpaired) electrons. The maximum atomic E-state index is 11.5. The van der Waals surface area contributed by atoms with Crippen LogP contribution in [0.15, 0.2) is 12.4 Å². The van der Waals surface area contributed by atoms with E-state index in [1.807, 2.05) is 17.3 Å². The third kappa shape index (κ3) is 3.31. The molecule has 2 bridgehead atoms. The van der Waals surface area contributed by atoms with Gasteiger partial charge < -0.3 is 9.80 Å². The number of piperidine rings is 1. The largest absolute Gasteiger partial charge is 0.343 e. The molecular weight excluding hydrogens is 326 g/mol. The molecule has 0 aliphatic carbocycles. The Morgan fingerprint density at radius 2 is 1.62 bits per heavy atom. The van der Waals surface area contributed by atoms with E-state index in [-0.39, 0.29) is 5.91 Å². The lowest BCUT2D eigenvalue weighted by Crippen LogP contribution is -2.56. The number of carbonyl (C=O) groups excluding carboxylic acids is 1. The van der Waals surface area contributed by atoms with Crippen LogP contribution in [0.25, 0.3) is 0 Å². The molecule has 0 spiro atoms. The van der Waals surface area contributed by atoms with Crippen molar-refractivity contribution in [1.82, 2.24) is 19.8 Å². The highest BCUT2D eigenvalue weighted by Crippen LogP contribution is 2.34. The Balaban J connectivity index is 1.42. The monoisotopic (exact) mass is 357 g/mol. The van der Waals surface area contributed by atoms with Crippen LogP contribution < -0.4 is 4.90 Å². The van der Waals surface area contributed by atoms with Gasteiger partial charge in [0.05, 0.1) is 0 Å². The number of amides is 1. The molecule has 0 aromatic carbocycles. The van der Waals surface area contributed by atoms with Crippen LogP contribution in [0, 0.1) is 0 Å². The molecule has 3 aliphatic rings. The first kappa shape index (κ1) is 17.7. The number of aromatic nitrogens is 2. The van der Waals surface area contributed by atoms with Crippen LogP contribution in [-0.2, 0) is 4.79 Å². The highest BCUT2D eigenvalue weighted by Gasteiger charge is 2.41. The van der Waals surface area contributed by atoms with E-state index in [2.05, 4.69) is 23.6 Å². The molecular formula is C20H31N5O. The van der Waals surface area contributed by atoms with Crippen LogP contribution >= 0.6 is 0 Å². The summed E-state index contributed by atoms with van der Waals surface area (Å²) in [4.78, 5) is 28.0. The third-order valence-corrected chi connectivity index (χ3v) is 6.54. The fraction of sp³-hybridized carbons (Fsp3) is 0.750. The number of likely N-dealkylation sites (tertiary alicyclic amines) is 2. The summed E-state index contributed by atoms with van der Waals surface area (Å²) in [6.45, 7) is 10.2. The molecule has 6 heteroatoms. The van der Waals surface area contributed by atoms with Gasteiger partial charge in [-0.2, -0.15) is 0 Å². The predicted molar refractivity (Wildman–Crippen MR) is 102 cm³/mol. The molecule has 2 unspecified atom stereocenters. The zero-order valence-corrected chi connectivity index (χ0v) is 16.3. The summed E-state index contributed by atoms with van der Waals surface area (Å²) >= 11 is 0. The van der Waals surface area contributed by atoms with Crippen LogP contribution in [0.1, 0.15) is 57.9 Å². The topological polar surface area (TPSA) is 52.6 Å². The van der Waals surface area contributed by atoms with Crippen LogP contribution in [0.4, 0.5) is 5.95 Å². The Bertz CT molecular complexity index is 624. The SMILES string of the molecule is CC(=O)N1CCC(c2cnc(N3C4CCC3CN(C(C)C)C4)nc2)CC1. The molecule has 1 aromatic heterocycles. The van der Waals surface area contributed by atoms with Gasteiger partial charge in [0.25, 0.3) is 0 Å². The molecule has 2 atom stereocenters. The summed E-state index contributed by atoms with van der Waals surface area (Å²) in [5, 5.41) is 0. The molecule has 3 saturated heterocycles. The first-order chi connectivity index (χ1) is 12.5. The zero-order valence-electron chi connectivity index (χ0n) is 16.3. The number of hydrogen-bond donors (Lipinski definition) is 0. The highest BCUT2D eigenvalue weighted by atomic mass is 16.2. The maximum absolute atomic E-state index is 11.5. The van der Waals surface area contributed by atoms with Crippen LogP contribution in [0.5, 0.6) is 0 Å². The Morgan fingerprint density at radius 3 is 2.12 bits per heavy atom. The number of piperazine rings is 1. The van der Waals surface area contributed by atoms with Gasteiger partial charge in [0.15, 0.2) is 0 Å². The number of nitrogens with zero attached hydrogens (tertiary/aromatic N) is 5. The number of fused-ring (bicyclic) bond motifs is 2. The minimum atomic E-state index is 0.186. The van der Waals surface area contributed by atoms with Gasteiger partial charge in [0.2, 0.25) is 11.9 Å². The normalized spacial score (nSPS) is 27.4. The molecule has 4 heterocycles. The van der Waals surface area contributed by atoms with E-state index in [9.17, 15) is 4.79 Å². The fourth-order valence-corrected chi connectivity index (χ4v) is 4.89. The number of hydrogen-bond acceptors (Lipinski definition) is 5. The van der Waals surface area contributed by atoms with Gasteiger partial charge in [0, 0.05) is 63.6 Å². The van der Waals surface area contributed by atoms with Crippen LogP contribution in [0.2, 0.25) is 0 Å². The molecule has 0 N–H and O–H groups in total. The highest BCUT2D eigenvalue weighted by molar-refractivity contribution is 5.73. The quantitative estimate of drug-likeness (QED) is 0.831. The lowest BCUT2D eigenvalue weighted by atomic mass is 9.91. The van der Waals surface area contributed by atoms with Crippen molar-refractivity contribution in [2.24, 2.45) is 0 Å². The first-order valence-corrected chi connectivity index (χ1v) is 10.1. The molecule has 6 nitrogen and oxygen atoms in total. The van der Waals surface area contributed by atoms with Crippen molar-refractivity contribution in [3.8, 4) is 0 Å². The molecule has 3 aliphatic heterocycles. The van der Waals surface area contributed by atoms with Crippen molar-refractivity contribution in [2.75, 3.05) is 31.1 Å². The summed E-state index contributed by atoms with van der Waals surface area (Å²) in [6.07, 6.45) is 8.60. The van der Waals surface area contributed by atoms with E-state index < -0.39 is 0 Å². The van der Waals surface area contributed by atoms with Gasteiger partial charge in [-0.15, -0.1) is 0 Å². The van der Waals surface area contributed by atoms with E-state index in [0.29, 0.717) is 24.0 Å². The maximum Gasteiger partial charge on any atom is 0.225 e. The average Bonchev–Trinajstić information content (AvgIpc) is 2.91. The Kier molecular flexibility index (Phi) is 4.86. The second-order valence-corrected chi connectivity index (χ2v) is 8.44. The molecule has 1 aromatic rings. The summed E-state index contributed by atoms with van der Waals surface area (Å²) < 4.78 is 0. The van der Waals surface area contributed by atoms with E-state index in [1.165, 1.54) is 18.4 Å². The average molecular weight is 358 g/mol. The van der Waals surface area contributed by atoms with Gasteiger partial charge in [-0.25, -0.2) is 9.97 Å². The first-order valence-electron chi connectivity index (χ1n) is 10.1. The Hall–Kier alpha value is -1.69. The van der Waals surface area contributed by atoms with Gasteiger partial charge in [-0.3, -0.25) is 9.69 Å². The van der Waals surface area contributed by atoms with Gasteiger partial charge in [-0.05, 0) is 51.0 Å². The van der Waals surface area contributed by atoms with Crippen molar-refractivity contribution < 1.29 is 4.79 Å². The predicted octanol–water partition coefficient (Wildman–Crippen LogP) is 2.26. The summed E-state index contributed by atoms with van der Waals surface area (Å²) in [5.41, 5.74) is 1.23. The molecule has 0 saturated carbocycles. The Labute approximate surface area is 156 Å². The number of rotatable bonds is 3. The van der Waals surface area contributed by atoms with Crippen molar-refractivity contribution >= 4 is 11.9 Å². The van der Waals surface area contributed by atoms with Crippen molar-refractivity contribution in [2.45, 2.75) is 70.5 Å². The van der Waals surface area contributed by atoms with Crippen molar-refractivity contribution in [1.29, 1.82) is 0 Å². The number of anilines is 1. The number of carbonyl (C=O) groups is 1. The van der Waals surface area contributed by atoms with Crippen LogP contribution in [0.3, 0.4) is 0 Å². The summed E-state index contributed by atoms with van der Waals surface area (Å²) in [7, 11) is 0. The minimum Gasteiger partial charge on any atom is -0.343 e. The Morgan fingerprint density at radius 1 is 1.04 bits per heavy atom. The van der Waals surface area contributed by atoms with Gasteiger partial charge >= 0.3 is 0 Å². The lowest BCUT2D eigenvalue weighted by molar-refractivity contribution is -0.129. The molecule has 26 heavy (non-hydrogen) atoms. The molecule has 3 fully saturated rings. The van der Waals surface area contributed by atoms with Gasteiger partial charge in [0.1, 0.15) is 0 Å². The molecule has 4 rings (SSSR count). The van der Waals surface area contributed by atoms with E-state index in [0.717, 1.165) is 45.0 Å². The van der Waals surface area contributed by atoms with Crippen LogP contribution in [-0.4, -0.2) is 70.0 Å². The molecule has 142 valence electrons. The van der Waals surface area contributed by atoms with E-state index >= 15 is 0 Å². The molecule has 1 amide bonds. The fourth-order valence-electron chi connectivity index (χ4n) is 4.89. The smallest absolute Gasteiger partial charge is 0.225 e. The van der Waals surface area contributed by atoms with Crippen molar-refractivity contribution in [3.05, 3.63) is 18.0 Å². The van der Waals surface area contributed by atoms with E-state index in [4.69, 9.17) is 9.97 Å². The third-order valence-electron chi connectivity index (χ3n) is 6.54. The minimum absolute atomic E-state index is 0.186. The second kappa shape index (κ2) is 7.14. The zero-order chi connectivity index (χ0) is 18.3. The summed E-state index contributed by atoms with van der Waals surface area (Å²) in [6, 6.07) is 1.73. The van der Waals surface area contributed by atoms with E-state index in [1.54, 1.807) is 6.92 Å². The van der Waals surface area contributed by atoms with Gasteiger partial charge in [-0.1, -0.05) is 0 Å². The lowest BCUT2D eigenvalue weighted by Gasteiger charge is -2.42.